The summed E-state index contributed by atoms with van der Waals surface area (Å²) in [5, 5.41) is 1.58. The van der Waals surface area contributed by atoms with Crippen LogP contribution in [-0.2, 0) is 15.8 Å². The van der Waals surface area contributed by atoms with Crippen LogP contribution in [0.5, 0.6) is 0 Å². The Morgan fingerprint density at radius 1 is 1.15 bits per heavy atom. The van der Waals surface area contributed by atoms with E-state index in [1.54, 1.807) is 42.9 Å². The lowest BCUT2D eigenvalue weighted by molar-refractivity contribution is 0.600. The van der Waals surface area contributed by atoms with Crippen molar-refractivity contribution in [3.8, 4) is 0 Å². The number of hydrogen-bond acceptors (Lipinski definition) is 7. The molecule has 0 amide bonds. The first-order valence-corrected chi connectivity index (χ1v) is 12.9. The molecular formula is C23H24ClN7O2S. The Kier molecular flexibility index (Phi) is 6.01. The Bertz CT molecular complexity index is 1390. The molecule has 0 saturated carbocycles. The van der Waals surface area contributed by atoms with Gasteiger partial charge in [0.15, 0.2) is 0 Å². The topological polar surface area (TPSA) is 107 Å². The lowest BCUT2D eigenvalue weighted by atomic mass is 10.2. The van der Waals surface area contributed by atoms with Crippen LogP contribution in [0.2, 0.25) is 5.02 Å². The van der Waals surface area contributed by atoms with Crippen molar-refractivity contribution in [3.63, 3.8) is 0 Å². The van der Waals surface area contributed by atoms with Crippen molar-refractivity contribution in [3.05, 3.63) is 71.8 Å². The molecule has 1 atom stereocenters. The smallest absolute Gasteiger partial charge is 0.236 e. The molecular weight excluding hydrogens is 474 g/mol. The number of nitrogens with one attached hydrogen (secondary N) is 2. The van der Waals surface area contributed by atoms with Crippen LogP contribution in [0, 0.1) is 0 Å². The molecule has 34 heavy (non-hydrogen) atoms. The number of aromatic amines is 1. The van der Waals surface area contributed by atoms with Gasteiger partial charge in [0, 0.05) is 37.4 Å². The van der Waals surface area contributed by atoms with Gasteiger partial charge >= 0.3 is 0 Å². The molecule has 1 aliphatic heterocycles. The maximum atomic E-state index is 12.5. The number of sulfonamides is 1. The van der Waals surface area contributed by atoms with Crippen LogP contribution in [0.3, 0.4) is 0 Å². The molecule has 0 aliphatic carbocycles. The van der Waals surface area contributed by atoms with E-state index in [1.165, 1.54) is 0 Å². The first-order valence-electron chi connectivity index (χ1n) is 10.8. The summed E-state index contributed by atoms with van der Waals surface area (Å²) in [7, 11) is -1.56. The molecule has 4 aromatic rings. The Morgan fingerprint density at radius 2 is 1.97 bits per heavy atom. The largest absolute Gasteiger partial charge is 0.355 e. The van der Waals surface area contributed by atoms with Crippen LogP contribution < -0.4 is 14.5 Å². The Labute approximate surface area is 202 Å². The molecule has 2 N–H and O–H groups in total. The van der Waals surface area contributed by atoms with Crippen LogP contribution in [0.1, 0.15) is 12.0 Å². The summed E-state index contributed by atoms with van der Waals surface area (Å²) >= 11 is 5.87. The molecule has 0 spiro atoms. The number of halogens is 1. The van der Waals surface area contributed by atoms with Crippen molar-refractivity contribution >= 4 is 50.0 Å². The minimum absolute atomic E-state index is 0.138. The van der Waals surface area contributed by atoms with E-state index in [-0.39, 0.29) is 11.8 Å². The monoisotopic (exact) mass is 497 g/mol. The third kappa shape index (κ3) is 4.78. The standard InChI is InChI=1S/C23H24ClN7O2S/c1-30(19-9-11-31(13-19)23-20-8-10-25-22(20)27-15-28-23)21-7-6-18(12-26-21)29-34(32,33)14-16-2-4-17(24)5-3-16/h2-8,10,12,15,19,29H,9,11,13-14H2,1H3,(H,25,27,28)/t19-/m1/s1. The first-order chi connectivity index (χ1) is 16.4. The summed E-state index contributed by atoms with van der Waals surface area (Å²) in [4.78, 5) is 20.8. The number of pyridine rings is 1. The summed E-state index contributed by atoms with van der Waals surface area (Å²) < 4.78 is 27.6. The summed E-state index contributed by atoms with van der Waals surface area (Å²) in [6, 6.07) is 12.6. The van der Waals surface area contributed by atoms with E-state index in [4.69, 9.17) is 11.6 Å². The van der Waals surface area contributed by atoms with Crippen molar-refractivity contribution in [2.75, 3.05) is 34.7 Å². The SMILES string of the molecule is CN(c1ccc(NS(=O)(=O)Cc2ccc(Cl)cc2)cn1)[C@@H]1CCN(c2ncnc3[nH]ccc23)C1. The minimum atomic E-state index is -3.57. The summed E-state index contributed by atoms with van der Waals surface area (Å²) in [5.41, 5.74) is 1.92. The number of rotatable bonds is 7. The van der Waals surface area contributed by atoms with Gasteiger partial charge < -0.3 is 14.8 Å². The molecule has 0 unspecified atom stereocenters. The van der Waals surface area contributed by atoms with Gasteiger partial charge in [0.2, 0.25) is 10.0 Å². The van der Waals surface area contributed by atoms with Gasteiger partial charge in [-0.2, -0.15) is 0 Å². The average molecular weight is 498 g/mol. The van der Waals surface area contributed by atoms with E-state index < -0.39 is 10.0 Å². The predicted molar refractivity (Wildman–Crippen MR) is 135 cm³/mol. The van der Waals surface area contributed by atoms with Gasteiger partial charge in [-0.25, -0.2) is 23.4 Å². The highest BCUT2D eigenvalue weighted by atomic mass is 35.5. The Balaban J connectivity index is 1.23. The van der Waals surface area contributed by atoms with E-state index in [0.717, 1.165) is 42.2 Å². The molecule has 1 aromatic carbocycles. The molecule has 3 aromatic heterocycles. The van der Waals surface area contributed by atoms with Crippen molar-refractivity contribution in [2.45, 2.75) is 18.2 Å². The summed E-state index contributed by atoms with van der Waals surface area (Å²) in [6.45, 7) is 1.69. The van der Waals surface area contributed by atoms with Gasteiger partial charge in [-0.3, -0.25) is 4.72 Å². The van der Waals surface area contributed by atoms with Gasteiger partial charge in [0.25, 0.3) is 0 Å². The fourth-order valence-electron chi connectivity index (χ4n) is 4.22. The number of hydrogen-bond donors (Lipinski definition) is 2. The third-order valence-corrected chi connectivity index (χ3v) is 7.51. The van der Waals surface area contributed by atoms with Crippen LogP contribution in [0.4, 0.5) is 17.3 Å². The number of H-pyrrole nitrogens is 1. The highest BCUT2D eigenvalue weighted by Gasteiger charge is 2.28. The second-order valence-corrected chi connectivity index (χ2v) is 10.5. The molecule has 0 bridgehead atoms. The van der Waals surface area contributed by atoms with Crippen molar-refractivity contribution in [2.24, 2.45) is 0 Å². The van der Waals surface area contributed by atoms with Crippen molar-refractivity contribution < 1.29 is 8.42 Å². The number of aromatic nitrogens is 4. The number of fused-ring (bicyclic) bond motifs is 1. The molecule has 11 heteroatoms. The fraction of sp³-hybridized carbons (Fsp3) is 0.261. The van der Waals surface area contributed by atoms with Gasteiger partial charge in [-0.05, 0) is 42.3 Å². The minimum Gasteiger partial charge on any atom is -0.355 e. The third-order valence-electron chi connectivity index (χ3n) is 6.00. The van der Waals surface area contributed by atoms with Gasteiger partial charge in [-0.15, -0.1) is 0 Å². The number of nitrogens with zero attached hydrogens (tertiary/aromatic N) is 5. The second kappa shape index (κ2) is 9.11. The number of anilines is 3. The molecule has 4 heterocycles. The first kappa shape index (κ1) is 22.4. The lowest BCUT2D eigenvalue weighted by Gasteiger charge is -2.26. The molecule has 1 aliphatic rings. The van der Waals surface area contributed by atoms with E-state index in [9.17, 15) is 8.42 Å². The Hall–Kier alpha value is -3.37. The summed E-state index contributed by atoms with van der Waals surface area (Å²) in [6.07, 6.45) is 5.96. The molecule has 1 saturated heterocycles. The normalized spacial score (nSPS) is 16.2. The average Bonchev–Trinajstić information content (AvgIpc) is 3.50. The highest BCUT2D eigenvalue weighted by molar-refractivity contribution is 7.91. The summed E-state index contributed by atoms with van der Waals surface area (Å²) in [5.74, 6) is 1.57. The van der Waals surface area contributed by atoms with Gasteiger partial charge in [-0.1, -0.05) is 23.7 Å². The van der Waals surface area contributed by atoms with E-state index in [0.29, 0.717) is 16.3 Å². The molecule has 0 radical (unpaired) electrons. The zero-order valence-electron chi connectivity index (χ0n) is 18.5. The quantitative estimate of drug-likeness (QED) is 0.401. The predicted octanol–water partition coefficient (Wildman–Crippen LogP) is 3.66. The molecule has 5 rings (SSSR count). The van der Waals surface area contributed by atoms with Gasteiger partial charge in [0.1, 0.15) is 23.6 Å². The fourth-order valence-corrected chi connectivity index (χ4v) is 5.53. The number of benzene rings is 1. The molecule has 1 fully saturated rings. The van der Waals surface area contributed by atoms with Crippen molar-refractivity contribution in [1.82, 2.24) is 19.9 Å². The van der Waals surface area contributed by atoms with Crippen LogP contribution in [-0.4, -0.2) is 54.5 Å². The zero-order chi connectivity index (χ0) is 23.7. The van der Waals surface area contributed by atoms with Crippen LogP contribution in [0.15, 0.2) is 61.2 Å². The van der Waals surface area contributed by atoms with Crippen molar-refractivity contribution in [1.29, 1.82) is 0 Å². The number of likely N-dealkylation sites (N-methyl/N-ethyl adjacent to an activating group) is 1. The van der Waals surface area contributed by atoms with Crippen LogP contribution in [0.25, 0.3) is 11.0 Å². The maximum Gasteiger partial charge on any atom is 0.236 e. The van der Waals surface area contributed by atoms with E-state index in [2.05, 4.69) is 34.5 Å². The molecule has 9 nitrogen and oxygen atoms in total. The molecule has 176 valence electrons. The highest BCUT2D eigenvalue weighted by Crippen LogP contribution is 2.28. The zero-order valence-corrected chi connectivity index (χ0v) is 20.1. The van der Waals surface area contributed by atoms with E-state index in [1.807, 2.05) is 25.4 Å². The lowest BCUT2D eigenvalue weighted by Crippen LogP contribution is -2.35. The van der Waals surface area contributed by atoms with E-state index >= 15 is 0 Å². The maximum absolute atomic E-state index is 12.5. The Morgan fingerprint density at radius 3 is 2.74 bits per heavy atom. The second-order valence-electron chi connectivity index (χ2n) is 8.33. The van der Waals surface area contributed by atoms with Crippen LogP contribution >= 0.6 is 11.6 Å². The van der Waals surface area contributed by atoms with Gasteiger partial charge in [0.05, 0.1) is 23.0 Å².